The molecule has 0 heteroatoms. The highest BCUT2D eigenvalue weighted by Gasteiger charge is 2.09. The second-order valence-electron chi connectivity index (χ2n) is 2.71. The summed E-state index contributed by atoms with van der Waals surface area (Å²) in [6.45, 7) is 6.68. The Bertz CT molecular complexity index is 161. The Morgan fingerprint density at radius 1 is 1.56 bits per heavy atom. The zero-order valence-electron chi connectivity index (χ0n) is 6.44. The molecule has 0 aromatic rings. The fraction of sp³-hybridized carbons (Fsp3) is 0.556. The molecule has 0 saturated heterocycles. The molecular weight excluding hydrogens is 108 g/mol. The number of hydrogen-bond acceptors (Lipinski definition) is 0. The molecule has 1 aliphatic carbocycles. The Kier molecular flexibility index (Phi) is 1.75. The monoisotopic (exact) mass is 122 g/mol. The number of hydrogen-bond donors (Lipinski definition) is 0. The quantitative estimate of drug-likeness (QED) is 0.501. The van der Waals surface area contributed by atoms with Gasteiger partial charge in [0.25, 0.3) is 0 Å². The number of rotatable bonds is 1. The van der Waals surface area contributed by atoms with Crippen LogP contribution in [-0.4, -0.2) is 0 Å². The lowest BCUT2D eigenvalue weighted by molar-refractivity contribution is 0.868. The summed E-state index contributed by atoms with van der Waals surface area (Å²) in [6.07, 6.45) is 5.71. The third-order valence-electron chi connectivity index (χ3n) is 2.16. The largest absolute Gasteiger partial charge is 0.0773 e. The van der Waals surface area contributed by atoms with Crippen LogP contribution in [0.3, 0.4) is 0 Å². The Balaban J connectivity index is 2.79. The predicted molar refractivity (Wildman–Crippen MR) is 41.3 cm³/mol. The molecule has 0 N–H and O–H groups in total. The van der Waals surface area contributed by atoms with E-state index in [4.69, 9.17) is 0 Å². The van der Waals surface area contributed by atoms with E-state index in [0.29, 0.717) is 5.92 Å². The summed E-state index contributed by atoms with van der Waals surface area (Å²) in [5.41, 5.74) is 3.08. The molecule has 1 atom stereocenters. The second kappa shape index (κ2) is 2.38. The lowest BCUT2D eigenvalue weighted by atomic mass is 10.0. The van der Waals surface area contributed by atoms with E-state index >= 15 is 0 Å². The van der Waals surface area contributed by atoms with Crippen molar-refractivity contribution in [3.8, 4) is 0 Å². The summed E-state index contributed by atoms with van der Waals surface area (Å²) in [7, 11) is 0. The summed E-state index contributed by atoms with van der Waals surface area (Å²) in [6, 6.07) is 0. The third kappa shape index (κ3) is 1.07. The fourth-order valence-electron chi connectivity index (χ4n) is 1.23. The molecule has 0 aliphatic heterocycles. The Hall–Kier alpha value is -0.520. The summed E-state index contributed by atoms with van der Waals surface area (Å²) in [5.74, 6) is 0.694. The SMILES string of the molecule is CCC1=C(C)C(C)C=C1. The van der Waals surface area contributed by atoms with Crippen LogP contribution in [0.1, 0.15) is 27.2 Å². The average molecular weight is 122 g/mol. The maximum absolute atomic E-state index is 2.27. The first kappa shape index (κ1) is 6.60. The van der Waals surface area contributed by atoms with Crippen molar-refractivity contribution in [3.63, 3.8) is 0 Å². The van der Waals surface area contributed by atoms with E-state index in [1.165, 1.54) is 12.0 Å². The fourth-order valence-corrected chi connectivity index (χ4v) is 1.23. The van der Waals surface area contributed by atoms with Crippen LogP contribution in [0.15, 0.2) is 23.3 Å². The molecule has 0 aromatic heterocycles. The van der Waals surface area contributed by atoms with Crippen molar-refractivity contribution >= 4 is 0 Å². The van der Waals surface area contributed by atoms with Gasteiger partial charge < -0.3 is 0 Å². The standard InChI is InChI=1S/C9H14/c1-4-9-6-5-7(2)8(9)3/h5-7H,4H2,1-3H3. The molecule has 0 aromatic carbocycles. The minimum absolute atomic E-state index is 0.694. The molecule has 9 heavy (non-hydrogen) atoms. The Morgan fingerprint density at radius 2 is 2.22 bits per heavy atom. The van der Waals surface area contributed by atoms with E-state index in [2.05, 4.69) is 32.9 Å². The van der Waals surface area contributed by atoms with E-state index in [1.54, 1.807) is 5.57 Å². The third-order valence-corrected chi connectivity index (χ3v) is 2.16. The van der Waals surface area contributed by atoms with Gasteiger partial charge >= 0.3 is 0 Å². The zero-order valence-corrected chi connectivity index (χ0v) is 6.44. The van der Waals surface area contributed by atoms with Gasteiger partial charge in [-0.2, -0.15) is 0 Å². The molecule has 0 bridgehead atoms. The highest BCUT2D eigenvalue weighted by Crippen LogP contribution is 2.25. The molecule has 0 saturated carbocycles. The topological polar surface area (TPSA) is 0 Å². The first-order chi connectivity index (χ1) is 4.25. The predicted octanol–water partition coefficient (Wildman–Crippen LogP) is 2.92. The average Bonchev–Trinajstić information content (AvgIpc) is 2.15. The van der Waals surface area contributed by atoms with Crippen LogP contribution in [0, 0.1) is 5.92 Å². The molecule has 0 radical (unpaired) electrons. The van der Waals surface area contributed by atoms with Gasteiger partial charge in [-0.3, -0.25) is 0 Å². The molecule has 0 amide bonds. The molecule has 1 unspecified atom stereocenters. The van der Waals surface area contributed by atoms with Crippen molar-refractivity contribution in [1.82, 2.24) is 0 Å². The zero-order chi connectivity index (χ0) is 6.85. The van der Waals surface area contributed by atoms with Crippen molar-refractivity contribution in [3.05, 3.63) is 23.3 Å². The van der Waals surface area contributed by atoms with E-state index in [-0.39, 0.29) is 0 Å². The lowest BCUT2D eigenvalue weighted by Gasteiger charge is -2.01. The van der Waals surface area contributed by atoms with Gasteiger partial charge in [-0.05, 0) is 24.8 Å². The highest BCUT2D eigenvalue weighted by atomic mass is 14.1. The van der Waals surface area contributed by atoms with Crippen LogP contribution >= 0.6 is 0 Å². The van der Waals surface area contributed by atoms with Crippen molar-refractivity contribution < 1.29 is 0 Å². The van der Waals surface area contributed by atoms with Crippen LogP contribution < -0.4 is 0 Å². The van der Waals surface area contributed by atoms with E-state index in [1.807, 2.05) is 0 Å². The molecule has 1 aliphatic rings. The smallest absolute Gasteiger partial charge is 0.00454 e. The van der Waals surface area contributed by atoms with Gasteiger partial charge in [0.2, 0.25) is 0 Å². The molecule has 1 rings (SSSR count). The van der Waals surface area contributed by atoms with E-state index in [9.17, 15) is 0 Å². The van der Waals surface area contributed by atoms with Gasteiger partial charge in [-0.25, -0.2) is 0 Å². The minimum Gasteiger partial charge on any atom is -0.0773 e. The summed E-state index contributed by atoms with van der Waals surface area (Å²) < 4.78 is 0. The van der Waals surface area contributed by atoms with Gasteiger partial charge in [-0.15, -0.1) is 0 Å². The molecule has 50 valence electrons. The van der Waals surface area contributed by atoms with Crippen molar-refractivity contribution in [2.45, 2.75) is 27.2 Å². The molecule has 0 spiro atoms. The maximum Gasteiger partial charge on any atom is -0.00454 e. The molecule has 0 nitrogen and oxygen atoms in total. The highest BCUT2D eigenvalue weighted by molar-refractivity contribution is 5.34. The van der Waals surface area contributed by atoms with Gasteiger partial charge in [0.1, 0.15) is 0 Å². The summed E-state index contributed by atoms with van der Waals surface area (Å²) >= 11 is 0. The van der Waals surface area contributed by atoms with E-state index in [0.717, 1.165) is 0 Å². The van der Waals surface area contributed by atoms with Crippen molar-refractivity contribution in [1.29, 1.82) is 0 Å². The van der Waals surface area contributed by atoms with Crippen LogP contribution in [0.5, 0.6) is 0 Å². The van der Waals surface area contributed by atoms with Crippen LogP contribution in [0.2, 0.25) is 0 Å². The van der Waals surface area contributed by atoms with Crippen LogP contribution in [0.25, 0.3) is 0 Å². The Morgan fingerprint density at radius 3 is 2.44 bits per heavy atom. The minimum atomic E-state index is 0.694. The maximum atomic E-state index is 2.27. The lowest BCUT2D eigenvalue weighted by Crippen LogP contribution is -1.87. The molecular formula is C9H14. The first-order valence-corrected chi connectivity index (χ1v) is 3.63. The summed E-state index contributed by atoms with van der Waals surface area (Å²) in [4.78, 5) is 0. The van der Waals surface area contributed by atoms with Crippen molar-refractivity contribution in [2.75, 3.05) is 0 Å². The number of allylic oxidation sites excluding steroid dienone is 4. The van der Waals surface area contributed by atoms with Gasteiger partial charge in [0.15, 0.2) is 0 Å². The van der Waals surface area contributed by atoms with E-state index < -0.39 is 0 Å². The van der Waals surface area contributed by atoms with Gasteiger partial charge in [0.05, 0.1) is 0 Å². The van der Waals surface area contributed by atoms with Crippen LogP contribution in [-0.2, 0) is 0 Å². The van der Waals surface area contributed by atoms with Crippen molar-refractivity contribution in [2.24, 2.45) is 5.92 Å². The molecule has 0 fully saturated rings. The molecule has 0 heterocycles. The second-order valence-corrected chi connectivity index (χ2v) is 2.71. The van der Waals surface area contributed by atoms with Gasteiger partial charge in [0, 0.05) is 0 Å². The Labute approximate surface area is 57.3 Å². The first-order valence-electron chi connectivity index (χ1n) is 3.63. The van der Waals surface area contributed by atoms with Gasteiger partial charge in [-0.1, -0.05) is 31.6 Å². The normalized spacial score (nSPS) is 25.9. The summed E-state index contributed by atoms with van der Waals surface area (Å²) in [5, 5.41) is 0. The van der Waals surface area contributed by atoms with Crippen LogP contribution in [0.4, 0.5) is 0 Å².